The van der Waals surface area contributed by atoms with Crippen LogP contribution >= 0.6 is 0 Å². The number of carbonyl (C=O) groups excluding carboxylic acids is 1. The summed E-state index contributed by atoms with van der Waals surface area (Å²) in [6.45, 7) is 4.35. The fourth-order valence-corrected chi connectivity index (χ4v) is 2.44. The van der Waals surface area contributed by atoms with Crippen molar-refractivity contribution < 1.29 is 9.18 Å². The number of nitrogens with zero attached hydrogens (tertiary/aromatic N) is 2. The van der Waals surface area contributed by atoms with E-state index in [1.807, 2.05) is 14.0 Å². The topological polar surface area (TPSA) is 49.6 Å². The Morgan fingerprint density at radius 2 is 2.21 bits per heavy atom. The highest BCUT2D eigenvalue weighted by Crippen LogP contribution is 2.16. The molecule has 1 unspecified atom stereocenters. The molecule has 5 heteroatoms. The Balaban J connectivity index is 2.25. The van der Waals surface area contributed by atoms with Crippen molar-refractivity contribution in [3.8, 4) is 0 Å². The first-order chi connectivity index (χ1) is 9.02. The van der Waals surface area contributed by atoms with E-state index in [4.69, 9.17) is 5.73 Å². The number of nitrogens with two attached hydrogens (primary N) is 1. The molecule has 1 fully saturated rings. The Labute approximate surface area is 113 Å². The van der Waals surface area contributed by atoms with Crippen LogP contribution in [0.2, 0.25) is 0 Å². The molecular formula is C14H20FN3O. The molecule has 19 heavy (non-hydrogen) atoms. The van der Waals surface area contributed by atoms with Crippen LogP contribution in [0.5, 0.6) is 0 Å². The number of hydrogen-bond acceptors (Lipinski definition) is 3. The number of aryl methyl sites for hydroxylation is 1. The summed E-state index contributed by atoms with van der Waals surface area (Å²) in [6.07, 6.45) is 0. The predicted molar refractivity (Wildman–Crippen MR) is 72.5 cm³/mol. The average Bonchev–Trinajstić information content (AvgIpc) is 2.40. The van der Waals surface area contributed by atoms with E-state index in [-0.39, 0.29) is 17.5 Å². The largest absolute Gasteiger partial charge is 0.332 e. The maximum Gasteiger partial charge on any atom is 0.257 e. The maximum absolute atomic E-state index is 13.8. The third-order valence-corrected chi connectivity index (χ3v) is 3.57. The first kappa shape index (κ1) is 14.0. The van der Waals surface area contributed by atoms with E-state index in [9.17, 15) is 9.18 Å². The lowest BCUT2D eigenvalue weighted by molar-refractivity contribution is 0.0511. The van der Waals surface area contributed by atoms with Crippen molar-refractivity contribution in [3.05, 3.63) is 35.1 Å². The maximum atomic E-state index is 13.8. The van der Waals surface area contributed by atoms with Crippen molar-refractivity contribution in [2.75, 3.05) is 33.2 Å². The summed E-state index contributed by atoms with van der Waals surface area (Å²) in [4.78, 5) is 16.3. The van der Waals surface area contributed by atoms with Gasteiger partial charge in [-0.25, -0.2) is 4.39 Å². The van der Waals surface area contributed by atoms with Crippen molar-refractivity contribution >= 4 is 5.91 Å². The van der Waals surface area contributed by atoms with Gasteiger partial charge in [-0.1, -0.05) is 11.6 Å². The van der Waals surface area contributed by atoms with Crippen LogP contribution in [0.3, 0.4) is 0 Å². The molecule has 1 amide bonds. The molecule has 1 atom stereocenters. The van der Waals surface area contributed by atoms with Crippen LogP contribution in [0.15, 0.2) is 18.2 Å². The van der Waals surface area contributed by atoms with Crippen molar-refractivity contribution in [1.29, 1.82) is 0 Å². The van der Waals surface area contributed by atoms with Gasteiger partial charge in [0.2, 0.25) is 0 Å². The van der Waals surface area contributed by atoms with Gasteiger partial charge in [0.1, 0.15) is 5.82 Å². The van der Waals surface area contributed by atoms with Gasteiger partial charge in [-0.3, -0.25) is 4.79 Å². The van der Waals surface area contributed by atoms with E-state index in [1.54, 1.807) is 17.0 Å². The summed E-state index contributed by atoms with van der Waals surface area (Å²) >= 11 is 0. The number of benzene rings is 1. The molecule has 1 aliphatic rings. The standard InChI is InChI=1S/C14H20FN3O/c1-10-3-4-13(15)12(7-10)14(19)18-6-5-17(2)9-11(18)8-16/h3-4,7,11H,5-6,8-9,16H2,1-2H3. The quantitative estimate of drug-likeness (QED) is 0.862. The monoisotopic (exact) mass is 265 g/mol. The summed E-state index contributed by atoms with van der Waals surface area (Å²) < 4.78 is 13.8. The smallest absolute Gasteiger partial charge is 0.257 e. The van der Waals surface area contributed by atoms with Crippen molar-refractivity contribution in [2.24, 2.45) is 5.73 Å². The van der Waals surface area contributed by atoms with E-state index in [1.165, 1.54) is 6.07 Å². The van der Waals surface area contributed by atoms with Gasteiger partial charge in [0.25, 0.3) is 5.91 Å². The molecular weight excluding hydrogens is 245 g/mol. The lowest BCUT2D eigenvalue weighted by Gasteiger charge is -2.39. The molecule has 104 valence electrons. The summed E-state index contributed by atoms with van der Waals surface area (Å²) in [6, 6.07) is 4.56. The minimum Gasteiger partial charge on any atom is -0.332 e. The number of halogens is 1. The summed E-state index contributed by atoms with van der Waals surface area (Å²) in [5.41, 5.74) is 6.74. The third kappa shape index (κ3) is 2.93. The lowest BCUT2D eigenvalue weighted by Crippen LogP contribution is -2.56. The molecule has 0 aliphatic carbocycles. The van der Waals surface area contributed by atoms with Gasteiger partial charge in [-0.05, 0) is 26.1 Å². The SMILES string of the molecule is Cc1ccc(F)c(C(=O)N2CCN(C)CC2CN)c1. The second kappa shape index (κ2) is 5.67. The number of piperazine rings is 1. The van der Waals surface area contributed by atoms with Gasteiger partial charge in [0.15, 0.2) is 0 Å². The van der Waals surface area contributed by atoms with E-state index in [2.05, 4.69) is 4.90 Å². The molecule has 1 aliphatic heterocycles. The summed E-state index contributed by atoms with van der Waals surface area (Å²) in [5.74, 6) is -0.727. The Kier molecular flexibility index (Phi) is 4.17. The van der Waals surface area contributed by atoms with Gasteiger partial charge in [0.05, 0.1) is 11.6 Å². The van der Waals surface area contributed by atoms with Crippen LogP contribution in [0.4, 0.5) is 4.39 Å². The summed E-state index contributed by atoms with van der Waals surface area (Å²) in [7, 11) is 2.00. The normalized spacial score (nSPS) is 20.6. The van der Waals surface area contributed by atoms with E-state index in [0.717, 1.165) is 18.7 Å². The second-order valence-corrected chi connectivity index (χ2v) is 5.13. The van der Waals surface area contributed by atoms with Crippen molar-refractivity contribution in [3.63, 3.8) is 0 Å². The molecule has 1 heterocycles. The molecule has 1 aromatic carbocycles. The van der Waals surface area contributed by atoms with Gasteiger partial charge < -0.3 is 15.5 Å². The van der Waals surface area contributed by atoms with Crippen LogP contribution in [0.1, 0.15) is 15.9 Å². The fourth-order valence-electron chi connectivity index (χ4n) is 2.44. The minimum atomic E-state index is -0.467. The average molecular weight is 265 g/mol. The molecule has 1 aromatic rings. The zero-order valence-corrected chi connectivity index (χ0v) is 11.4. The number of likely N-dealkylation sites (N-methyl/N-ethyl adjacent to an activating group) is 1. The van der Waals surface area contributed by atoms with Crippen LogP contribution < -0.4 is 5.73 Å². The number of amides is 1. The molecule has 0 saturated carbocycles. The van der Waals surface area contributed by atoms with Gasteiger partial charge in [-0.15, -0.1) is 0 Å². The molecule has 0 bridgehead atoms. The lowest BCUT2D eigenvalue weighted by atomic mass is 10.1. The molecule has 0 spiro atoms. The number of hydrogen-bond donors (Lipinski definition) is 1. The van der Waals surface area contributed by atoms with E-state index >= 15 is 0 Å². The molecule has 1 saturated heterocycles. The van der Waals surface area contributed by atoms with Crippen LogP contribution in [0.25, 0.3) is 0 Å². The molecule has 0 aromatic heterocycles. The van der Waals surface area contributed by atoms with Crippen molar-refractivity contribution in [1.82, 2.24) is 9.80 Å². The van der Waals surface area contributed by atoms with Crippen LogP contribution in [-0.4, -0.2) is 55.0 Å². The van der Waals surface area contributed by atoms with Gasteiger partial charge in [0, 0.05) is 26.2 Å². The highest BCUT2D eigenvalue weighted by atomic mass is 19.1. The third-order valence-electron chi connectivity index (χ3n) is 3.57. The van der Waals surface area contributed by atoms with Crippen LogP contribution in [-0.2, 0) is 0 Å². The Hall–Kier alpha value is -1.46. The molecule has 2 N–H and O–H groups in total. The first-order valence-corrected chi connectivity index (χ1v) is 6.48. The summed E-state index contributed by atoms with van der Waals surface area (Å²) in [5, 5.41) is 0. The van der Waals surface area contributed by atoms with E-state index in [0.29, 0.717) is 13.1 Å². The van der Waals surface area contributed by atoms with Crippen molar-refractivity contribution in [2.45, 2.75) is 13.0 Å². The number of rotatable bonds is 2. The molecule has 4 nitrogen and oxygen atoms in total. The Bertz CT molecular complexity index is 478. The molecule has 2 rings (SSSR count). The highest BCUT2D eigenvalue weighted by Gasteiger charge is 2.29. The second-order valence-electron chi connectivity index (χ2n) is 5.13. The van der Waals surface area contributed by atoms with Crippen LogP contribution in [0, 0.1) is 12.7 Å². The fraction of sp³-hybridized carbons (Fsp3) is 0.500. The predicted octanol–water partition coefficient (Wildman–Crippen LogP) is 0.849. The molecule has 0 radical (unpaired) electrons. The Morgan fingerprint density at radius 3 is 2.89 bits per heavy atom. The van der Waals surface area contributed by atoms with Gasteiger partial charge in [-0.2, -0.15) is 0 Å². The minimum absolute atomic E-state index is 0.0498. The zero-order chi connectivity index (χ0) is 14.0. The van der Waals surface area contributed by atoms with Gasteiger partial charge >= 0.3 is 0 Å². The first-order valence-electron chi connectivity index (χ1n) is 6.48. The van der Waals surface area contributed by atoms with E-state index < -0.39 is 5.82 Å². The zero-order valence-electron chi connectivity index (χ0n) is 11.4. The highest BCUT2D eigenvalue weighted by molar-refractivity contribution is 5.95. The number of carbonyl (C=O) groups is 1. The Morgan fingerprint density at radius 1 is 1.47 bits per heavy atom.